The number of rotatable bonds is 5. The van der Waals surface area contributed by atoms with E-state index in [-0.39, 0.29) is 18.5 Å². The Bertz CT molecular complexity index is 769. The molecule has 0 aliphatic rings. The van der Waals surface area contributed by atoms with E-state index in [1.165, 1.54) is 0 Å². The standard InChI is InChI=1S/C14H10BrN3O4/c15-11-7-6-10(21-11)13-17-18-14(22-13)16-12(19)8-20-9-4-2-1-3-5-9/h1-7H,8H2,(H,16,18,19). The van der Waals surface area contributed by atoms with Crippen LogP contribution in [0.3, 0.4) is 0 Å². The highest BCUT2D eigenvalue weighted by Crippen LogP contribution is 2.24. The molecule has 8 heteroatoms. The van der Waals surface area contributed by atoms with Crippen molar-refractivity contribution in [2.45, 2.75) is 0 Å². The average molecular weight is 364 g/mol. The van der Waals surface area contributed by atoms with Crippen LogP contribution in [0.5, 0.6) is 5.75 Å². The van der Waals surface area contributed by atoms with Gasteiger partial charge in [-0.3, -0.25) is 10.1 Å². The summed E-state index contributed by atoms with van der Waals surface area (Å²) in [6.07, 6.45) is 0. The van der Waals surface area contributed by atoms with Gasteiger partial charge < -0.3 is 13.6 Å². The van der Waals surface area contributed by atoms with Crippen molar-refractivity contribution >= 4 is 27.9 Å². The minimum absolute atomic E-state index is 0.0239. The first-order valence-electron chi connectivity index (χ1n) is 6.27. The Balaban J connectivity index is 1.57. The van der Waals surface area contributed by atoms with Crippen LogP contribution in [0.1, 0.15) is 0 Å². The first-order valence-corrected chi connectivity index (χ1v) is 7.07. The first-order chi connectivity index (χ1) is 10.7. The molecule has 2 aromatic heterocycles. The third-order valence-corrected chi connectivity index (χ3v) is 2.99. The van der Waals surface area contributed by atoms with Crippen LogP contribution in [-0.2, 0) is 4.79 Å². The summed E-state index contributed by atoms with van der Waals surface area (Å²) >= 11 is 3.18. The molecule has 1 amide bonds. The molecule has 0 saturated carbocycles. The minimum Gasteiger partial charge on any atom is -0.484 e. The molecule has 1 N–H and O–H groups in total. The van der Waals surface area contributed by atoms with Gasteiger partial charge in [-0.1, -0.05) is 23.3 Å². The summed E-state index contributed by atoms with van der Waals surface area (Å²) in [6, 6.07) is 12.4. The molecule has 0 fully saturated rings. The highest BCUT2D eigenvalue weighted by molar-refractivity contribution is 9.10. The molecule has 0 spiro atoms. The molecule has 112 valence electrons. The molecule has 3 aromatic rings. The van der Waals surface area contributed by atoms with E-state index >= 15 is 0 Å². The lowest BCUT2D eigenvalue weighted by Crippen LogP contribution is -2.20. The van der Waals surface area contributed by atoms with Gasteiger partial charge in [0.15, 0.2) is 17.0 Å². The Labute approximate surface area is 133 Å². The molecule has 0 aliphatic heterocycles. The zero-order valence-corrected chi connectivity index (χ0v) is 12.7. The maximum absolute atomic E-state index is 11.7. The zero-order chi connectivity index (χ0) is 15.4. The monoisotopic (exact) mass is 363 g/mol. The van der Waals surface area contributed by atoms with E-state index < -0.39 is 5.91 Å². The summed E-state index contributed by atoms with van der Waals surface area (Å²) in [4.78, 5) is 11.7. The zero-order valence-electron chi connectivity index (χ0n) is 11.2. The third kappa shape index (κ3) is 3.53. The van der Waals surface area contributed by atoms with Gasteiger partial charge in [0.2, 0.25) is 0 Å². The molecule has 3 rings (SSSR count). The lowest BCUT2D eigenvalue weighted by atomic mass is 10.3. The van der Waals surface area contributed by atoms with E-state index in [4.69, 9.17) is 13.6 Å². The van der Waals surface area contributed by atoms with Crippen LogP contribution in [0.25, 0.3) is 11.7 Å². The Morgan fingerprint density at radius 1 is 1.14 bits per heavy atom. The van der Waals surface area contributed by atoms with Crippen molar-refractivity contribution in [3.63, 3.8) is 0 Å². The van der Waals surface area contributed by atoms with E-state index in [0.717, 1.165) is 0 Å². The van der Waals surface area contributed by atoms with Gasteiger partial charge in [-0.15, -0.1) is 5.10 Å². The Kier molecular flexibility index (Phi) is 4.19. The predicted molar refractivity (Wildman–Crippen MR) is 80.3 cm³/mol. The second-order valence-electron chi connectivity index (χ2n) is 4.17. The molecule has 1 aromatic carbocycles. The fourth-order valence-corrected chi connectivity index (χ4v) is 1.93. The minimum atomic E-state index is -0.403. The van der Waals surface area contributed by atoms with Crippen molar-refractivity contribution in [1.29, 1.82) is 0 Å². The number of nitrogens with zero attached hydrogens (tertiary/aromatic N) is 2. The predicted octanol–water partition coefficient (Wildman–Crippen LogP) is 3.11. The molecule has 0 saturated heterocycles. The lowest BCUT2D eigenvalue weighted by Gasteiger charge is -2.04. The SMILES string of the molecule is O=C(COc1ccccc1)Nc1nnc(-c2ccc(Br)o2)o1. The van der Waals surface area contributed by atoms with E-state index in [0.29, 0.717) is 16.2 Å². The van der Waals surface area contributed by atoms with Gasteiger partial charge in [-0.25, -0.2) is 0 Å². The van der Waals surface area contributed by atoms with Crippen LogP contribution >= 0.6 is 15.9 Å². The molecular formula is C14H10BrN3O4. The molecular weight excluding hydrogens is 354 g/mol. The van der Waals surface area contributed by atoms with Crippen LogP contribution in [0.2, 0.25) is 0 Å². The van der Waals surface area contributed by atoms with E-state index in [1.54, 1.807) is 24.3 Å². The van der Waals surface area contributed by atoms with Crippen molar-refractivity contribution in [3.05, 3.63) is 47.1 Å². The summed E-state index contributed by atoms with van der Waals surface area (Å²) in [5, 5.41) is 9.95. The molecule has 0 radical (unpaired) electrons. The van der Waals surface area contributed by atoms with E-state index in [2.05, 4.69) is 31.4 Å². The maximum atomic E-state index is 11.7. The van der Waals surface area contributed by atoms with Gasteiger partial charge in [-0.05, 0) is 40.2 Å². The van der Waals surface area contributed by atoms with Crippen LogP contribution < -0.4 is 10.1 Å². The summed E-state index contributed by atoms with van der Waals surface area (Å²) in [5.74, 6) is 0.773. The Morgan fingerprint density at radius 2 is 1.95 bits per heavy atom. The number of furan rings is 1. The van der Waals surface area contributed by atoms with Crippen LogP contribution in [-0.4, -0.2) is 22.7 Å². The number of halogens is 1. The molecule has 0 unspecified atom stereocenters. The number of aromatic nitrogens is 2. The fraction of sp³-hybridized carbons (Fsp3) is 0.0714. The average Bonchev–Trinajstić information content (AvgIpc) is 3.15. The van der Waals surface area contributed by atoms with Gasteiger partial charge in [0.1, 0.15) is 5.75 Å². The molecule has 0 atom stereocenters. The van der Waals surface area contributed by atoms with Crippen molar-refractivity contribution in [3.8, 4) is 17.4 Å². The van der Waals surface area contributed by atoms with Crippen LogP contribution in [0.4, 0.5) is 6.01 Å². The maximum Gasteiger partial charge on any atom is 0.322 e. The fourth-order valence-electron chi connectivity index (χ4n) is 1.62. The Hall–Kier alpha value is -2.61. The number of hydrogen-bond donors (Lipinski definition) is 1. The summed E-state index contributed by atoms with van der Waals surface area (Å²) in [5.41, 5.74) is 0. The molecule has 7 nitrogen and oxygen atoms in total. The number of hydrogen-bond acceptors (Lipinski definition) is 6. The number of benzene rings is 1. The number of anilines is 1. The van der Waals surface area contributed by atoms with E-state index in [9.17, 15) is 4.79 Å². The lowest BCUT2D eigenvalue weighted by molar-refractivity contribution is -0.118. The summed E-state index contributed by atoms with van der Waals surface area (Å²) in [7, 11) is 0. The molecule has 0 bridgehead atoms. The van der Waals surface area contributed by atoms with Crippen molar-refractivity contribution in [2.75, 3.05) is 11.9 Å². The normalized spacial score (nSPS) is 10.4. The van der Waals surface area contributed by atoms with Gasteiger partial charge in [-0.2, -0.15) is 0 Å². The number of amides is 1. The molecule has 2 heterocycles. The van der Waals surface area contributed by atoms with Gasteiger partial charge in [0, 0.05) is 0 Å². The largest absolute Gasteiger partial charge is 0.484 e. The van der Waals surface area contributed by atoms with Crippen molar-refractivity contribution in [1.82, 2.24) is 10.2 Å². The summed E-state index contributed by atoms with van der Waals surface area (Å²) < 4.78 is 16.4. The number of para-hydroxylation sites is 1. The number of nitrogens with one attached hydrogen (secondary N) is 1. The molecule has 22 heavy (non-hydrogen) atoms. The Morgan fingerprint density at radius 3 is 2.68 bits per heavy atom. The van der Waals surface area contributed by atoms with Crippen LogP contribution in [0.15, 0.2) is 56.0 Å². The highest BCUT2D eigenvalue weighted by Gasteiger charge is 2.14. The molecule has 0 aliphatic carbocycles. The van der Waals surface area contributed by atoms with Crippen molar-refractivity contribution in [2.24, 2.45) is 0 Å². The second kappa shape index (κ2) is 6.44. The first kappa shape index (κ1) is 14.3. The summed E-state index contributed by atoms with van der Waals surface area (Å²) in [6.45, 7) is -0.159. The number of carbonyl (C=O) groups excluding carboxylic acids is 1. The van der Waals surface area contributed by atoms with Gasteiger partial charge in [0.05, 0.1) is 0 Å². The van der Waals surface area contributed by atoms with Crippen LogP contribution in [0, 0.1) is 0 Å². The third-order valence-electron chi connectivity index (χ3n) is 2.57. The number of ether oxygens (including phenoxy) is 1. The number of carbonyl (C=O) groups is 1. The van der Waals surface area contributed by atoms with E-state index in [1.807, 2.05) is 18.2 Å². The highest BCUT2D eigenvalue weighted by atomic mass is 79.9. The van der Waals surface area contributed by atoms with Gasteiger partial charge in [0.25, 0.3) is 11.8 Å². The quantitative estimate of drug-likeness (QED) is 0.748. The second-order valence-corrected chi connectivity index (χ2v) is 4.95. The smallest absolute Gasteiger partial charge is 0.322 e. The topological polar surface area (TPSA) is 90.4 Å². The van der Waals surface area contributed by atoms with Gasteiger partial charge >= 0.3 is 6.01 Å². The van der Waals surface area contributed by atoms with Crippen molar-refractivity contribution < 1.29 is 18.4 Å².